The Balaban J connectivity index is 2.87. The van der Waals surface area contributed by atoms with Crippen LogP contribution in [0.5, 0.6) is 0 Å². The molecule has 0 unspecified atom stereocenters. The molecule has 0 saturated heterocycles. The van der Waals surface area contributed by atoms with Crippen LogP contribution in [0.3, 0.4) is 0 Å². The summed E-state index contributed by atoms with van der Waals surface area (Å²) >= 11 is 0. The van der Waals surface area contributed by atoms with Crippen LogP contribution in [-0.2, 0) is 11.2 Å². The third-order valence-electron chi connectivity index (χ3n) is 3.01. The summed E-state index contributed by atoms with van der Waals surface area (Å²) in [6.07, 6.45) is 1.97. The van der Waals surface area contributed by atoms with E-state index in [4.69, 9.17) is 4.74 Å². The average Bonchev–Trinajstić information content (AvgIpc) is 2.44. The molecule has 0 amide bonds. The zero-order chi connectivity index (χ0) is 14.8. The molecule has 5 heteroatoms. The second-order valence-electron chi connectivity index (χ2n) is 4.58. The third-order valence-corrected chi connectivity index (χ3v) is 3.01. The van der Waals surface area contributed by atoms with E-state index in [1.54, 1.807) is 0 Å². The molecule has 0 fully saturated rings. The van der Waals surface area contributed by atoms with Crippen molar-refractivity contribution in [3.05, 3.63) is 11.9 Å². The van der Waals surface area contributed by atoms with Crippen molar-refractivity contribution < 1.29 is 4.74 Å². The van der Waals surface area contributed by atoms with E-state index in [1.165, 1.54) is 0 Å². The SMILES string of the molecule is CCCc1nc(NCC)cc(N(CC)CCOCC)n1. The highest BCUT2D eigenvalue weighted by molar-refractivity contribution is 5.49. The van der Waals surface area contributed by atoms with Crippen LogP contribution in [0.1, 0.15) is 39.9 Å². The lowest BCUT2D eigenvalue weighted by molar-refractivity contribution is 0.154. The molecule has 0 spiro atoms. The second kappa shape index (κ2) is 9.53. The largest absolute Gasteiger partial charge is 0.380 e. The standard InChI is InChI=1S/C15H28N4O/c1-5-9-13-17-14(16-6-2)12-15(18-13)19(7-3)10-11-20-8-4/h12H,5-11H2,1-4H3,(H,16,17,18). The van der Waals surface area contributed by atoms with Crippen molar-refractivity contribution in [1.82, 2.24) is 9.97 Å². The minimum absolute atomic E-state index is 0.730. The lowest BCUT2D eigenvalue weighted by atomic mass is 10.3. The van der Waals surface area contributed by atoms with E-state index in [2.05, 4.69) is 41.0 Å². The Morgan fingerprint density at radius 2 is 2.00 bits per heavy atom. The number of nitrogens with one attached hydrogen (secondary N) is 1. The smallest absolute Gasteiger partial charge is 0.134 e. The number of likely N-dealkylation sites (N-methyl/N-ethyl adjacent to an activating group) is 1. The summed E-state index contributed by atoms with van der Waals surface area (Å²) in [5, 5.41) is 3.28. The Kier molecular flexibility index (Phi) is 7.95. The molecule has 1 N–H and O–H groups in total. The van der Waals surface area contributed by atoms with Gasteiger partial charge in [0.25, 0.3) is 0 Å². The lowest BCUT2D eigenvalue weighted by Gasteiger charge is -2.23. The fourth-order valence-electron chi connectivity index (χ4n) is 2.01. The molecule has 1 heterocycles. The van der Waals surface area contributed by atoms with E-state index in [9.17, 15) is 0 Å². The topological polar surface area (TPSA) is 50.3 Å². The summed E-state index contributed by atoms with van der Waals surface area (Å²) in [5.74, 6) is 2.81. The molecule has 1 aromatic heterocycles. The highest BCUT2D eigenvalue weighted by Crippen LogP contribution is 2.16. The molecule has 0 aliphatic rings. The number of hydrogen-bond donors (Lipinski definition) is 1. The van der Waals surface area contributed by atoms with Gasteiger partial charge in [0.05, 0.1) is 6.61 Å². The number of nitrogens with zero attached hydrogens (tertiary/aromatic N) is 3. The Bertz CT molecular complexity index is 360. The zero-order valence-corrected chi connectivity index (χ0v) is 13.3. The maximum absolute atomic E-state index is 5.44. The number of rotatable bonds is 10. The van der Waals surface area contributed by atoms with Crippen molar-refractivity contribution >= 4 is 11.6 Å². The molecule has 1 rings (SSSR count). The van der Waals surface area contributed by atoms with Crippen LogP contribution < -0.4 is 10.2 Å². The first-order valence-corrected chi connectivity index (χ1v) is 7.69. The number of hydrogen-bond acceptors (Lipinski definition) is 5. The predicted molar refractivity (Wildman–Crippen MR) is 84.6 cm³/mol. The van der Waals surface area contributed by atoms with Crippen LogP contribution >= 0.6 is 0 Å². The van der Waals surface area contributed by atoms with Gasteiger partial charge in [-0.15, -0.1) is 0 Å². The minimum atomic E-state index is 0.730. The fourth-order valence-corrected chi connectivity index (χ4v) is 2.01. The van der Waals surface area contributed by atoms with Crippen molar-refractivity contribution in [1.29, 1.82) is 0 Å². The first kappa shape index (κ1) is 16.7. The van der Waals surface area contributed by atoms with Crippen molar-refractivity contribution in [2.75, 3.05) is 43.1 Å². The van der Waals surface area contributed by atoms with Gasteiger partial charge in [0.2, 0.25) is 0 Å². The first-order valence-electron chi connectivity index (χ1n) is 7.69. The van der Waals surface area contributed by atoms with Crippen molar-refractivity contribution in [2.45, 2.75) is 40.5 Å². The second-order valence-corrected chi connectivity index (χ2v) is 4.58. The van der Waals surface area contributed by atoms with Gasteiger partial charge < -0.3 is 15.0 Å². The van der Waals surface area contributed by atoms with Gasteiger partial charge in [0.15, 0.2) is 0 Å². The van der Waals surface area contributed by atoms with E-state index in [-0.39, 0.29) is 0 Å². The Morgan fingerprint density at radius 3 is 2.60 bits per heavy atom. The number of anilines is 2. The zero-order valence-electron chi connectivity index (χ0n) is 13.3. The summed E-state index contributed by atoms with van der Waals surface area (Å²) in [6.45, 7) is 12.5. The summed E-state index contributed by atoms with van der Waals surface area (Å²) in [4.78, 5) is 11.5. The van der Waals surface area contributed by atoms with Gasteiger partial charge in [0, 0.05) is 38.7 Å². The molecule has 0 bridgehead atoms. The molecule has 20 heavy (non-hydrogen) atoms. The van der Waals surface area contributed by atoms with Crippen LogP contribution in [0.25, 0.3) is 0 Å². The molecule has 114 valence electrons. The maximum atomic E-state index is 5.44. The van der Waals surface area contributed by atoms with Gasteiger partial charge >= 0.3 is 0 Å². The van der Waals surface area contributed by atoms with Crippen LogP contribution in [0.2, 0.25) is 0 Å². The molecular weight excluding hydrogens is 252 g/mol. The summed E-state index contributed by atoms with van der Waals surface area (Å²) < 4.78 is 5.44. The van der Waals surface area contributed by atoms with E-state index in [1.807, 2.05) is 13.0 Å². The van der Waals surface area contributed by atoms with Crippen LogP contribution in [0.15, 0.2) is 6.07 Å². The number of aryl methyl sites for hydroxylation is 1. The highest BCUT2D eigenvalue weighted by atomic mass is 16.5. The maximum Gasteiger partial charge on any atom is 0.134 e. The van der Waals surface area contributed by atoms with Gasteiger partial charge in [-0.3, -0.25) is 0 Å². The fraction of sp³-hybridized carbons (Fsp3) is 0.733. The summed E-state index contributed by atoms with van der Waals surface area (Å²) in [7, 11) is 0. The van der Waals surface area contributed by atoms with Gasteiger partial charge in [-0.05, 0) is 27.2 Å². The molecule has 0 saturated carbocycles. The van der Waals surface area contributed by atoms with E-state index in [0.717, 1.165) is 63.1 Å². The number of ether oxygens (including phenoxy) is 1. The lowest BCUT2D eigenvalue weighted by Crippen LogP contribution is -2.28. The highest BCUT2D eigenvalue weighted by Gasteiger charge is 2.10. The molecule has 0 aliphatic carbocycles. The van der Waals surface area contributed by atoms with Crippen molar-refractivity contribution in [3.8, 4) is 0 Å². The Hall–Kier alpha value is -1.36. The van der Waals surface area contributed by atoms with Gasteiger partial charge in [-0.1, -0.05) is 6.92 Å². The minimum Gasteiger partial charge on any atom is -0.380 e. The van der Waals surface area contributed by atoms with E-state index in [0.29, 0.717) is 0 Å². The van der Waals surface area contributed by atoms with E-state index >= 15 is 0 Å². The summed E-state index contributed by atoms with van der Waals surface area (Å²) in [5.41, 5.74) is 0. The van der Waals surface area contributed by atoms with Crippen LogP contribution in [0, 0.1) is 0 Å². The quantitative estimate of drug-likeness (QED) is 0.668. The van der Waals surface area contributed by atoms with Crippen molar-refractivity contribution in [2.24, 2.45) is 0 Å². The van der Waals surface area contributed by atoms with Gasteiger partial charge in [-0.2, -0.15) is 0 Å². The van der Waals surface area contributed by atoms with Gasteiger partial charge in [-0.25, -0.2) is 9.97 Å². The molecule has 0 radical (unpaired) electrons. The van der Waals surface area contributed by atoms with Crippen LogP contribution in [-0.4, -0.2) is 42.8 Å². The Labute approximate surface area is 122 Å². The first-order chi connectivity index (χ1) is 9.74. The molecule has 0 aromatic carbocycles. The molecule has 1 aromatic rings. The molecular formula is C15H28N4O. The monoisotopic (exact) mass is 280 g/mol. The van der Waals surface area contributed by atoms with Crippen LogP contribution in [0.4, 0.5) is 11.6 Å². The predicted octanol–water partition coefficient (Wildman–Crippen LogP) is 2.72. The van der Waals surface area contributed by atoms with Crippen molar-refractivity contribution in [3.63, 3.8) is 0 Å². The van der Waals surface area contributed by atoms with Gasteiger partial charge in [0.1, 0.15) is 17.5 Å². The normalized spacial score (nSPS) is 10.6. The average molecular weight is 280 g/mol. The molecule has 0 aliphatic heterocycles. The summed E-state index contributed by atoms with van der Waals surface area (Å²) in [6, 6.07) is 2.03. The Morgan fingerprint density at radius 1 is 1.20 bits per heavy atom. The molecule has 5 nitrogen and oxygen atoms in total. The number of aromatic nitrogens is 2. The van der Waals surface area contributed by atoms with E-state index < -0.39 is 0 Å². The molecule has 0 atom stereocenters. The third kappa shape index (κ3) is 5.33.